The number of rotatable bonds is 2. The van der Waals surface area contributed by atoms with Gasteiger partial charge in [0.15, 0.2) is 5.82 Å². The Morgan fingerprint density at radius 1 is 1.28 bits per heavy atom. The van der Waals surface area contributed by atoms with Crippen molar-refractivity contribution >= 4 is 43.6 Å². The first kappa shape index (κ1) is 13.0. The van der Waals surface area contributed by atoms with Gasteiger partial charge in [-0.05, 0) is 44.0 Å². The summed E-state index contributed by atoms with van der Waals surface area (Å²) in [4.78, 5) is 19.9. The molecule has 7 heteroatoms. The molecular formula is C11H7Br2N3O2. The van der Waals surface area contributed by atoms with Crippen LogP contribution in [-0.2, 0) is 0 Å². The molecule has 92 valence electrons. The predicted molar refractivity (Wildman–Crippen MR) is 73.5 cm³/mol. The minimum atomic E-state index is -0.453. The first-order valence-corrected chi connectivity index (χ1v) is 6.44. The zero-order valence-corrected chi connectivity index (χ0v) is 12.1. The van der Waals surface area contributed by atoms with Gasteiger partial charge in [-0.2, -0.15) is 0 Å². The number of anilines is 1. The van der Waals surface area contributed by atoms with E-state index in [1.807, 2.05) is 0 Å². The van der Waals surface area contributed by atoms with E-state index in [9.17, 15) is 9.90 Å². The summed E-state index contributed by atoms with van der Waals surface area (Å²) in [6.45, 7) is 0. The van der Waals surface area contributed by atoms with Crippen molar-refractivity contribution < 1.29 is 9.90 Å². The van der Waals surface area contributed by atoms with Gasteiger partial charge < -0.3 is 10.4 Å². The third kappa shape index (κ3) is 2.85. The Morgan fingerprint density at radius 2 is 2.00 bits per heavy atom. The summed E-state index contributed by atoms with van der Waals surface area (Å²) >= 11 is 6.35. The highest BCUT2D eigenvalue weighted by Crippen LogP contribution is 2.22. The number of nitrogens with zero attached hydrogens (tertiary/aromatic N) is 2. The van der Waals surface area contributed by atoms with Gasteiger partial charge in [0.2, 0.25) is 0 Å². The van der Waals surface area contributed by atoms with Crippen molar-refractivity contribution in [2.45, 2.75) is 0 Å². The minimum Gasteiger partial charge on any atom is -0.507 e. The molecule has 0 fully saturated rings. The summed E-state index contributed by atoms with van der Waals surface area (Å²) in [6.07, 6.45) is 1.46. The number of para-hydroxylation sites is 1. The lowest BCUT2D eigenvalue weighted by atomic mass is 10.2. The lowest BCUT2D eigenvalue weighted by Crippen LogP contribution is -2.14. The number of phenols is 1. The van der Waals surface area contributed by atoms with E-state index in [-0.39, 0.29) is 17.1 Å². The van der Waals surface area contributed by atoms with Crippen LogP contribution >= 0.6 is 31.9 Å². The zero-order chi connectivity index (χ0) is 13.1. The molecule has 2 rings (SSSR count). The molecule has 0 aliphatic heterocycles. The Morgan fingerprint density at radius 3 is 2.67 bits per heavy atom. The number of aromatic hydroxyl groups is 1. The van der Waals surface area contributed by atoms with Crippen LogP contribution in [0.3, 0.4) is 0 Å². The van der Waals surface area contributed by atoms with Gasteiger partial charge >= 0.3 is 0 Å². The summed E-state index contributed by atoms with van der Waals surface area (Å²) < 4.78 is 0.954. The second kappa shape index (κ2) is 5.45. The van der Waals surface area contributed by atoms with Crippen LogP contribution in [0.4, 0.5) is 5.82 Å². The van der Waals surface area contributed by atoms with Gasteiger partial charge in [0.25, 0.3) is 5.91 Å². The van der Waals surface area contributed by atoms with Crippen molar-refractivity contribution in [1.82, 2.24) is 9.97 Å². The Bertz CT molecular complexity index is 605. The standard InChI is InChI=1S/C11H7Br2N3O2/c12-8-5-14-10(9(13)15-8)16-11(18)6-3-1-2-4-7(6)17/h1-5,17H,(H,14,16,18). The molecule has 1 aromatic heterocycles. The highest BCUT2D eigenvalue weighted by Gasteiger charge is 2.13. The molecule has 0 unspecified atom stereocenters. The van der Waals surface area contributed by atoms with E-state index in [4.69, 9.17) is 0 Å². The van der Waals surface area contributed by atoms with Crippen LogP contribution in [0.1, 0.15) is 10.4 Å². The Kier molecular flexibility index (Phi) is 3.93. The molecule has 5 nitrogen and oxygen atoms in total. The van der Waals surface area contributed by atoms with Crippen molar-refractivity contribution in [3.63, 3.8) is 0 Å². The topological polar surface area (TPSA) is 75.1 Å². The van der Waals surface area contributed by atoms with Crippen LogP contribution in [0.2, 0.25) is 0 Å². The number of phenolic OH excluding ortho intramolecular Hbond substituents is 1. The minimum absolute atomic E-state index is 0.0869. The number of benzene rings is 1. The molecule has 1 amide bonds. The molecule has 0 aliphatic rings. The Balaban J connectivity index is 2.24. The third-order valence-electron chi connectivity index (χ3n) is 2.08. The maximum absolute atomic E-state index is 11.9. The van der Waals surface area contributed by atoms with Crippen molar-refractivity contribution in [3.05, 3.63) is 45.2 Å². The highest BCUT2D eigenvalue weighted by molar-refractivity contribution is 9.11. The number of nitrogens with one attached hydrogen (secondary N) is 1. The normalized spacial score (nSPS) is 10.1. The number of carbonyl (C=O) groups excluding carboxylic acids is 1. The molecule has 0 aliphatic carbocycles. The Labute approximate surface area is 120 Å². The number of aromatic nitrogens is 2. The van der Waals surface area contributed by atoms with Crippen LogP contribution < -0.4 is 5.32 Å². The molecule has 0 saturated heterocycles. The van der Waals surface area contributed by atoms with Crippen LogP contribution in [0.25, 0.3) is 0 Å². The van der Waals surface area contributed by atoms with Crippen LogP contribution in [0.15, 0.2) is 39.7 Å². The quantitative estimate of drug-likeness (QED) is 0.849. The average molecular weight is 373 g/mol. The van der Waals surface area contributed by atoms with Gasteiger partial charge in [-0.15, -0.1) is 0 Å². The monoisotopic (exact) mass is 371 g/mol. The lowest BCUT2D eigenvalue weighted by Gasteiger charge is -2.07. The summed E-state index contributed by atoms with van der Waals surface area (Å²) in [5, 5.41) is 12.1. The lowest BCUT2D eigenvalue weighted by molar-refractivity contribution is 0.102. The molecule has 2 N–H and O–H groups in total. The van der Waals surface area contributed by atoms with E-state index in [0.29, 0.717) is 9.21 Å². The molecule has 0 radical (unpaired) electrons. The number of hydrogen-bond donors (Lipinski definition) is 2. The smallest absolute Gasteiger partial charge is 0.260 e. The summed E-state index contributed by atoms with van der Waals surface area (Å²) in [6, 6.07) is 6.26. The molecule has 0 spiro atoms. The maximum Gasteiger partial charge on any atom is 0.260 e. The number of amides is 1. The second-order valence-corrected chi connectivity index (χ2v) is 4.87. The van der Waals surface area contributed by atoms with Crippen LogP contribution in [0.5, 0.6) is 5.75 Å². The number of carbonyl (C=O) groups is 1. The van der Waals surface area contributed by atoms with E-state index in [2.05, 4.69) is 47.1 Å². The number of hydrogen-bond acceptors (Lipinski definition) is 4. The molecule has 0 atom stereocenters. The first-order chi connectivity index (χ1) is 8.58. The zero-order valence-electron chi connectivity index (χ0n) is 8.89. The average Bonchev–Trinajstić information content (AvgIpc) is 2.33. The van der Waals surface area contributed by atoms with Crippen molar-refractivity contribution in [1.29, 1.82) is 0 Å². The van der Waals surface area contributed by atoms with Gasteiger partial charge in [0.1, 0.15) is 15.0 Å². The fourth-order valence-corrected chi connectivity index (χ4v) is 2.18. The molecule has 2 aromatic rings. The summed E-state index contributed by atoms with van der Waals surface area (Å²) in [5.74, 6) is -0.256. The van der Waals surface area contributed by atoms with Crippen LogP contribution in [0, 0.1) is 0 Å². The summed E-state index contributed by atoms with van der Waals surface area (Å²) in [5.41, 5.74) is 0.175. The Hall–Kier alpha value is -1.47. The van der Waals surface area contributed by atoms with Gasteiger partial charge in [0.05, 0.1) is 11.8 Å². The summed E-state index contributed by atoms with van der Waals surface area (Å²) in [7, 11) is 0. The highest BCUT2D eigenvalue weighted by atomic mass is 79.9. The van der Waals surface area contributed by atoms with Gasteiger partial charge in [-0.3, -0.25) is 4.79 Å². The molecular weight excluding hydrogens is 366 g/mol. The largest absolute Gasteiger partial charge is 0.507 e. The third-order valence-corrected chi connectivity index (χ3v) is 3.02. The molecule has 18 heavy (non-hydrogen) atoms. The van der Waals surface area contributed by atoms with E-state index in [1.165, 1.54) is 18.3 Å². The van der Waals surface area contributed by atoms with E-state index >= 15 is 0 Å². The fraction of sp³-hybridized carbons (Fsp3) is 0. The van der Waals surface area contributed by atoms with Gasteiger partial charge in [-0.1, -0.05) is 12.1 Å². The van der Waals surface area contributed by atoms with Crippen molar-refractivity contribution in [2.24, 2.45) is 0 Å². The maximum atomic E-state index is 11.9. The van der Waals surface area contributed by atoms with Gasteiger partial charge in [-0.25, -0.2) is 9.97 Å². The van der Waals surface area contributed by atoms with E-state index in [1.54, 1.807) is 12.1 Å². The van der Waals surface area contributed by atoms with Gasteiger partial charge in [0, 0.05) is 0 Å². The second-order valence-electron chi connectivity index (χ2n) is 3.30. The van der Waals surface area contributed by atoms with Crippen molar-refractivity contribution in [3.8, 4) is 5.75 Å². The number of halogens is 2. The molecule has 0 saturated carbocycles. The van der Waals surface area contributed by atoms with Crippen LogP contribution in [-0.4, -0.2) is 21.0 Å². The molecule has 0 bridgehead atoms. The van der Waals surface area contributed by atoms with E-state index < -0.39 is 5.91 Å². The SMILES string of the molecule is O=C(Nc1ncc(Br)nc1Br)c1ccccc1O. The molecule has 1 heterocycles. The predicted octanol–water partition coefficient (Wildman–Crippen LogP) is 2.96. The first-order valence-electron chi connectivity index (χ1n) is 4.85. The molecule has 1 aromatic carbocycles. The van der Waals surface area contributed by atoms with Crippen molar-refractivity contribution in [2.75, 3.05) is 5.32 Å². The van der Waals surface area contributed by atoms with E-state index in [0.717, 1.165) is 0 Å². The fourth-order valence-electron chi connectivity index (χ4n) is 1.27.